The van der Waals surface area contributed by atoms with E-state index in [2.05, 4.69) is 20.9 Å². The van der Waals surface area contributed by atoms with Crippen LogP contribution in [0.3, 0.4) is 0 Å². The summed E-state index contributed by atoms with van der Waals surface area (Å²) in [6.07, 6.45) is 1.38. The van der Waals surface area contributed by atoms with Gasteiger partial charge in [-0.15, -0.1) is 0 Å². The largest absolute Gasteiger partial charge is 0.459 e. The van der Waals surface area contributed by atoms with E-state index >= 15 is 0 Å². The third-order valence-corrected chi connectivity index (χ3v) is 7.78. The van der Waals surface area contributed by atoms with Crippen LogP contribution >= 0.6 is 39.1 Å². The maximum Gasteiger partial charge on any atom is 0.243 e. The molecule has 0 atom stereocenters. The van der Waals surface area contributed by atoms with Crippen LogP contribution in [0.25, 0.3) is 0 Å². The van der Waals surface area contributed by atoms with E-state index in [0.29, 0.717) is 26.0 Å². The van der Waals surface area contributed by atoms with E-state index in [1.165, 1.54) is 46.9 Å². The average molecular weight is 596 g/mol. The third kappa shape index (κ3) is 6.59. The van der Waals surface area contributed by atoms with Gasteiger partial charge in [-0.3, -0.25) is 0 Å². The first-order valence-electron chi connectivity index (χ1n) is 10.3. The molecule has 0 spiro atoms. The van der Waals surface area contributed by atoms with Crippen LogP contribution in [0.1, 0.15) is 17.1 Å². The maximum absolute atomic E-state index is 14.0. The fraction of sp³-hybridized carbons (Fsp3) is 0.0800. The SMILES string of the molecule is O=S(=O)(c1ccc(Cl)cc1)N(Cc1ccc(Cl)cc1)Cc1ccc(C=Nc2ccc(Br)cc2F)o1. The quantitative estimate of drug-likeness (QED) is 0.197. The molecule has 0 unspecified atom stereocenters. The summed E-state index contributed by atoms with van der Waals surface area (Å²) in [6, 6.07) is 20.7. The Hall–Kier alpha value is -2.49. The van der Waals surface area contributed by atoms with Crippen molar-refractivity contribution in [2.75, 3.05) is 0 Å². The zero-order chi connectivity index (χ0) is 25.0. The van der Waals surface area contributed by atoms with Crippen molar-refractivity contribution < 1.29 is 17.2 Å². The van der Waals surface area contributed by atoms with Gasteiger partial charge in [-0.2, -0.15) is 4.31 Å². The van der Waals surface area contributed by atoms with Crippen LogP contribution in [0, 0.1) is 5.82 Å². The highest BCUT2D eigenvalue weighted by molar-refractivity contribution is 9.10. The molecule has 1 aromatic heterocycles. The van der Waals surface area contributed by atoms with Crippen molar-refractivity contribution in [1.82, 2.24) is 4.31 Å². The second-order valence-corrected chi connectivity index (χ2v) is 11.2. The molecular formula is C25H18BrCl2FN2O3S. The second kappa shape index (κ2) is 11.1. The predicted octanol–water partition coefficient (Wildman–Crippen LogP) is 7.63. The zero-order valence-electron chi connectivity index (χ0n) is 18.0. The summed E-state index contributed by atoms with van der Waals surface area (Å²) >= 11 is 15.1. The Labute approximate surface area is 221 Å². The Bertz CT molecular complexity index is 1460. The topological polar surface area (TPSA) is 62.9 Å². The molecule has 0 N–H and O–H groups in total. The molecule has 0 bridgehead atoms. The highest BCUT2D eigenvalue weighted by Crippen LogP contribution is 2.25. The van der Waals surface area contributed by atoms with Crippen molar-refractivity contribution in [3.8, 4) is 0 Å². The van der Waals surface area contributed by atoms with Gasteiger partial charge < -0.3 is 4.42 Å². The van der Waals surface area contributed by atoms with Crippen LogP contribution in [0.4, 0.5) is 10.1 Å². The van der Waals surface area contributed by atoms with Crippen LogP contribution < -0.4 is 0 Å². The van der Waals surface area contributed by atoms with Crippen molar-refractivity contribution in [1.29, 1.82) is 0 Å². The molecular weight excluding hydrogens is 578 g/mol. The molecule has 0 aliphatic rings. The van der Waals surface area contributed by atoms with Crippen LogP contribution in [0.15, 0.2) is 97.6 Å². The van der Waals surface area contributed by atoms with E-state index in [-0.39, 0.29) is 23.7 Å². The summed E-state index contributed by atoms with van der Waals surface area (Å²) in [6.45, 7) is 0.0599. The van der Waals surface area contributed by atoms with Gasteiger partial charge in [0, 0.05) is 21.1 Å². The first-order chi connectivity index (χ1) is 16.7. The third-order valence-electron chi connectivity index (χ3n) is 4.98. The van der Waals surface area contributed by atoms with E-state index in [1.54, 1.807) is 42.5 Å². The molecule has 0 aliphatic heterocycles. The van der Waals surface area contributed by atoms with Crippen LogP contribution in [0.5, 0.6) is 0 Å². The van der Waals surface area contributed by atoms with E-state index in [1.807, 2.05) is 0 Å². The lowest BCUT2D eigenvalue weighted by atomic mass is 10.2. The van der Waals surface area contributed by atoms with E-state index in [9.17, 15) is 12.8 Å². The Morgan fingerprint density at radius 1 is 0.914 bits per heavy atom. The summed E-state index contributed by atoms with van der Waals surface area (Å²) in [7, 11) is -3.89. The second-order valence-electron chi connectivity index (χ2n) is 7.51. The van der Waals surface area contributed by atoms with Gasteiger partial charge in [-0.25, -0.2) is 17.8 Å². The molecule has 3 aromatic carbocycles. The Kier molecular flexibility index (Phi) is 8.09. The Morgan fingerprint density at radius 2 is 1.57 bits per heavy atom. The molecule has 4 rings (SSSR count). The molecule has 10 heteroatoms. The van der Waals surface area contributed by atoms with Gasteiger partial charge in [-0.05, 0) is 72.3 Å². The Morgan fingerprint density at radius 3 is 2.23 bits per heavy atom. The number of aliphatic imine (C=N–C) groups is 1. The van der Waals surface area contributed by atoms with Gasteiger partial charge in [0.2, 0.25) is 10.0 Å². The van der Waals surface area contributed by atoms with Gasteiger partial charge in [0.05, 0.1) is 23.3 Å². The summed E-state index contributed by atoms with van der Waals surface area (Å²) in [5, 5.41) is 0.989. The van der Waals surface area contributed by atoms with Gasteiger partial charge in [0.15, 0.2) is 0 Å². The number of nitrogens with zero attached hydrogens (tertiary/aromatic N) is 2. The van der Waals surface area contributed by atoms with Crippen LogP contribution in [-0.2, 0) is 23.1 Å². The fourth-order valence-electron chi connectivity index (χ4n) is 3.22. The van der Waals surface area contributed by atoms with E-state index in [4.69, 9.17) is 27.6 Å². The molecule has 35 heavy (non-hydrogen) atoms. The Balaban J connectivity index is 1.59. The number of benzene rings is 3. The van der Waals surface area contributed by atoms with Crippen molar-refractivity contribution in [3.05, 3.63) is 116 Å². The van der Waals surface area contributed by atoms with Gasteiger partial charge in [-0.1, -0.05) is 51.3 Å². The van der Waals surface area contributed by atoms with E-state index in [0.717, 1.165) is 5.56 Å². The summed E-state index contributed by atoms with van der Waals surface area (Å²) in [4.78, 5) is 4.23. The minimum absolute atomic E-state index is 0.0337. The van der Waals surface area contributed by atoms with Crippen molar-refractivity contribution >= 4 is 61.1 Å². The number of hydrogen-bond donors (Lipinski definition) is 0. The minimum Gasteiger partial charge on any atom is -0.459 e. The van der Waals surface area contributed by atoms with Crippen molar-refractivity contribution in [3.63, 3.8) is 0 Å². The maximum atomic E-state index is 14.0. The normalized spacial score (nSPS) is 12.0. The standard InChI is InChI=1S/C25H18BrCl2FN2O3S/c26-18-3-12-25(24(29)13-18)30-14-21-8-9-22(34-21)16-31(15-17-1-4-19(27)5-2-17)35(32,33)23-10-6-20(28)7-11-23/h1-14H,15-16H2. The number of sulfonamides is 1. The average Bonchev–Trinajstić information content (AvgIpc) is 3.27. The van der Waals surface area contributed by atoms with Crippen LogP contribution in [-0.4, -0.2) is 18.9 Å². The first-order valence-corrected chi connectivity index (χ1v) is 13.3. The molecule has 0 fully saturated rings. The molecule has 1 heterocycles. The molecule has 180 valence electrons. The monoisotopic (exact) mass is 594 g/mol. The van der Waals surface area contributed by atoms with Crippen LogP contribution in [0.2, 0.25) is 10.0 Å². The first kappa shape index (κ1) is 25.6. The fourth-order valence-corrected chi connectivity index (χ4v) is 5.20. The number of furan rings is 1. The van der Waals surface area contributed by atoms with E-state index < -0.39 is 15.8 Å². The molecule has 5 nitrogen and oxygen atoms in total. The highest BCUT2D eigenvalue weighted by Gasteiger charge is 2.26. The molecule has 0 saturated heterocycles. The van der Waals surface area contributed by atoms with Gasteiger partial charge >= 0.3 is 0 Å². The lowest BCUT2D eigenvalue weighted by Gasteiger charge is -2.21. The highest BCUT2D eigenvalue weighted by atomic mass is 79.9. The molecule has 0 radical (unpaired) electrons. The lowest BCUT2D eigenvalue weighted by molar-refractivity contribution is 0.357. The summed E-state index contributed by atoms with van der Waals surface area (Å²) in [5.41, 5.74) is 0.909. The molecule has 4 aromatic rings. The zero-order valence-corrected chi connectivity index (χ0v) is 22.0. The lowest BCUT2D eigenvalue weighted by Crippen LogP contribution is -2.30. The summed E-state index contributed by atoms with van der Waals surface area (Å²) < 4.78 is 48.6. The molecule has 0 saturated carbocycles. The van der Waals surface area contributed by atoms with Crippen molar-refractivity contribution in [2.24, 2.45) is 4.99 Å². The molecule has 0 amide bonds. The van der Waals surface area contributed by atoms with Crippen molar-refractivity contribution in [2.45, 2.75) is 18.0 Å². The number of rotatable bonds is 8. The van der Waals surface area contributed by atoms with Gasteiger partial charge in [0.25, 0.3) is 0 Å². The van der Waals surface area contributed by atoms with Gasteiger partial charge in [0.1, 0.15) is 17.3 Å². The summed E-state index contributed by atoms with van der Waals surface area (Å²) in [5.74, 6) is 0.275. The number of halogens is 4. The predicted molar refractivity (Wildman–Crippen MR) is 139 cm³/mol. The molecule has 0 aliphatic carbocycles. The number of hydrogen-bond acceptors (Lipinski definition) is 4. The minimum atomic E-state index is -3.89. The smallest absolute Gasteiger partial charge is 0.243 e.